The molecule has 1 N–H and O–H groups in total. The van der Waals surface area contributed by atoms with Crippen LogP contribution in [0, 0.1) is 0 Å². The number of carbonyl (C=O) groups is 1. The average molecular weight is 169 g/mol. The van der Waals surface area contributed by atoms with Gasteiger partial charge < -0.3 is 5.11 Å². The lowest BCUT2D eigenvalue weighted by Gasteiger charge is -2.00. The Morgan fingerprint density at radius 2 is 2.50 bits per heavy atom. The highest BCUT2D eigenvalue weighted by Crippen LogP contribution is 1.97. The molecule has 1 heterocycles. The van der Waals surface area contributed by atoms with Crippen LogP contribution in [0.4, 0.5) is 0 Å². The third-order valence-electron chi connectivity index (χ3n) is 1.54. The molecule has 0 aromatic carbocycles. The quantitative estimate of drug-likeness (QED) is 0.674. The minimum atomic E-state index is -0.0924. The second-order valence-corrected chi connectivity index (χ2v) is 2.56. The predicted molar refractivity (Wildman–Crippen MR) is 41.2 cm³/mol. The highest BCUT2D eigenvalue weighted by atomic mass is 16.3. The highest BCUT2D eigenvalue weighted by molar-refractivity contribution is 5.75. The second kappa shape index (κ2) is 3.96. The molecule has 0 fully saturated rings. The molecule has 1 aromatic heterocycles. The molecular formula is C7H11N3O2. The molecule has 0 saturated carbocycles. The van der Waals surface area contributed by atoms with Gasteiger partial charge in [-0.3, -0.25) is 4.79 Å². The van der Waals surface area contributed by atoms with Gasteiger partial charge in [0.05, 0.1) is 18.5 Å². The van der Waals surface area contributed by atoms with Crippen molar-refractivity contribution in [2.75, 3.05) is 0 Å². The molecule has 66 valence electrons. The first-order valence-electron chi connectivity index (χ1n) is 3.71. The van der Waals surface area contributed by atoms with E-state index in [1.807, 2.05) is 0 Å². The number of nitrogens with zero attached hydrogens (tertiary/aromatic N) is 3. The minimum Gasteiger partial charge on any atom is -0.390 e. The summed E-state index contributed by atoms with van der Waals surface area (Å²) in [5.74, 6) is 0.106. The van der Waals surface area contributed by atoms with Crippen LogP contribution >= 0.6 is 0 Å². The predicted octanol–water partition coefficient (Wildman–Crippen LogP) is -0.251. The molecule has 12 heavy (non-hydrogen) atoms. The lowest BCUT2D eigenvalue weighted by molar-refractivity contribution is -0.117. The summed E-state index contributed by atoms with van der Waals surface area (Å²) >= 11 is 0. The van der Waals surface area contributed by atoms with Crippen LogP contribution in [0.15, 0.2) is 6.20 Å². The van der Waals surface area contributed by atoms with Gasteiger partial charge in [0.1, 0.15) is 5.78 Å². The average Bonchev–Trinajstić information content (AvgIpc) is 2.47. The van der Waals surface area contributed by atoms with Crippen LogP contribution in [0.25, 0.3) is 0 Å². The normalized spacial score (nSPS) is 10.2. The van der Waals surface area contributed by atoms with Crippen molar-refractivity contribution in [1.82, 2.24) is 15.0 Å². The van der Waals surface area contributed by atoms with Crippen LogP contribution < -0.4 is 0 Å². The molecule has 5 heteroatoms. The van der Waals surface area contributed by atoms with Gasteiger partial charge in [0.2, 0.25) is 0 Å². The summed E-state index contributed by atoms with van der Waals surface area (Å²) in [6.07, 6.45) is 1.91. The summed E-state index contributed by atoms with van der Waals surface area (Å²) in [4.78, 5) is 10.6. The number of aliphatic hydroxyl groups excluding tert-OH is 1. The van der Waals surface area contributed by atoms with Gasteiger partial charge >= 0.3 is 0 Å². The Hall–Kier alpha value is -1.23. The lowest BCUT2D eigenvalue weighted by atomic mass is 10.3. The van der Waals surface area contributed by atoms with Crippen molar-refractivity contribution in [3.05, 3.63) is 11.9 Å². The number of aliphatic hydroxyl groups is 1. The minimum absolute atomic E-state index is 0.0924. The third kappa shape index (κ3) is 2.13. The van der Waals surface area contributed by atoms with Crippen LogP contribution in [0.1, 0.15) is 19.0 Å². The zero-order valence-corrected chi connectivity index (χ0v) is 6.90. The Labute approximate surface area is 70.0 Å². The van der Waals surface area contributed by atoms with E-state index in [0.29, 0.717) is 18.7 Å². The first-order valence-corrected chi connectivity index (χ1v) is 3.71. The fourth-order valence-corrected chi connectivity index (χ4v) is 0.853. The van der Waals surface area contributed by atoms with E-state index in [1.165, 1.54) is 17.8 Å². The molecule has 0 saturated heterocycles. The maximum atomic E-state index is 10.6. The van der Waals surface area contributed by atoms with E-state index in [1.54, 1.807) is 0 Å². The number of Topliss-reactive ketones (excluding diaryl/α,β-unsaturated/α-hetero) is 1. The molecule has 0 aliphatic rings. The summed E-state index contributed by atoms with van der Waals surface area (Å²) in [6, 6.07) is 0. The molecule has 0 aliphatic heterocycles. The Bertz CT molecular complexity index is 269. The van der Waals surface area contributed by atoms with Gasteiger partial charge in [-0.15, -0.1) is 5.10 Å². The summed E-state index contributed by atoms with van der Waals surface area (Å²) < 4.78 is 1.53. The Balaban J connectivity index is 2.56. The van der Waals surface area contributed by atoms with Crippen LogP contribution in [-0.2, 0) is 17.9 Å². The number of ketones is 1. The summed E-state index contributed by atoms with van der Waals surface area (Å²) in [6.45, 7) is 1.92. The molecule has 1 aromatic rings. The van der Waals surface area contributed by atoms with Crippen molar-refractivity contribution in [2.24, 2.45) is 0 Å². The van der Waals surface area contributed by atoms with E-state index >= 15 is 0 Å². The number of hydrogen-bond acceptors (Lipinski definition) is 4. The lowest BCUT2D eigenvalue weighted by Crippen LogP contribution is -2.07. The second-order valence-electron chi connectivity index (χ2n) is 2.56. The molecule has 0 bridgehead atoms. The Kier molecular flexibility index (Phi) is 2.93. The van der Waals surface area contributed by atoms with Gasteiger partial charge in [0.15, 0.2) is 0 Å². The van der Waals surface area contributed by atoms with Gasteiger partial charge in [0.25, 0.3) is 0 Å². The van der Waals surface area contributed by atoms with Gasteiger partial charge in [0, 0.05) is 13.0 Å². The van der Waals surface area contributed by atoms with Gasteiger partial charge in [-0.2, -0.15) is 0 Å². The first-order chi connectivity index (χ1) is 5.74. The zero-order valence-electron chi connectivity index (χ0n) is 6.90. The van der Waals surface area contributed by atoms with Crippen LogP contribution in [0.3, 0.4) is 0 Å². The first kappa shape index (κ1) is 8.86. The fourth-order valence-electron chi connectivity index (χ4n) is 0.853. The number of aromatic nitrogens is 3. The molecule has 0 spiro atoms. The molecule has 0 atom stereocenters. The molecular weight excluding hydrogens is 158 g/mol. The summed E-state index contributed by atoms with van der Waals surface area (Å²) in [7, 11) is 0. The van der Waals surface area contributed by atoms with E-state index in [4.69, 9.17) is 5.11 Å². The maximum absolute atomic E-state index is 10.6. The van der Waals surface area contributed by atoms with Crippen molar-refractivity contribution >= 4 is 5.78 Å². The monoisotopic (exact) mass is 169 g/mol. The van der Waals surface area contributed by atoms with Crippen molar-refractivity contribution in [1.29, 1.82) is 0 Å². The largest absolute Gasteiger partial charge is 0.390 e. The molecule has 0 radical (unpaired) electrons. The van der Waals surface area contributed by atoms with Crippen LogP contribution in [0.5, 0.6) is 0 Å². The molecule has 0 unspecified atom stereocenters. The van der Waals surface area contributed by atoms with Crippen molar-refractivity contribution in [3.63, 3.8) is 0 Å². The van der Waals surface area contributed by atoms with Gasteiger partial charge in [-0.05, 0) is 6.92 Å². The van der Waals surface area contributed by atoms with Crippen molar-refractivity contribution in [3.8, 4) is 0 Å². The third-order valence-corrected chi connectivity index (χ3v) is 1.54. The highest BCUT2D eigenvalue weighted by Gasteiger charge is 2.02. The van der Waals surface area contributed by atoms with Crippen molar-refractivity contribution in [2.45, 2.75) is 26.5 Å². The maximum Gasteiger partial charge on any atom is 0.131 e. The number of carbonyl (C=O) groups excluding carboxylic acids is 1. The molecule has 0 aliphatic carbocycles. The smallest absolute Gasteiger partial charge is 0.131 e. The summed E-state index contributed by atoms with van der Waals surface area (Å²) in [5, 5.41) is 16.1. The van der Waals surface area contributed by atoms with Gasteiger partial charge in [-0.25, -0.2) is 4.68 Å². The molecule has 5 nitrogen and oxygen atoms in total. The van der Waals surface area contributed by atoms with E-state index in [0.717, 1.165) is 0 Å². The topological polar surface area (TPSA) is 68.0 Å². The summed E-state index contributed by atoms with van der Waals surface area (Å²) in [5.41, 5.74) is 0.635. The zero-order chi connectivity index (χ0) is 8.97. The van der Waals surface area contributed by atoms with Crippen LogP contribution in [-0.4, -0.2) is 25.9 Å². The fraction of sp³-hybridized carbons (Fsp3) is 0.571. The van der Waals surface area contributed by atoms with Gasteiger partial charge in [-0.1, -0.05) is 5.21 Å². The Morgan fingerprint density at radius 3 is 3.08 bits per heavy atom. The van der Waals surface area contributed by atoms with E-state index < -0.39 is 0 Å². The molecule has 0 amide bonds. The van der Waals surface area contributed by atoms with E-state index in [-0.39, 0.29) is 12.4 Å². The number of rotatable bonds is 4. The Morgan fingerprint density at radius 1 is 1.75 bits per heavy atom. The number of aryl methyl sites for hydroxylation is 1. The van der Waals surface area contributed by atoms with Crippen molar-refractivity contribution < 1.29 is 9.90 Å². The SMILES string of the molecule is CC(=O)CCn1nncc1CO. The number of hydrogen-bond donors (Lipinski definition) is 1. The standard InChI is InChI=1S/C7H11N3O2/c1-6(12)2-3-10-7(5-11)4-8-9-10/h4,11H,2-3,5H2,1H3. The van der Waals surface area contributed by atoms with E-state index in [9.17, 15) is 4.79 Å². The molecule has 1 rings (SSSR count). The van der Waals surface area contributed by atoms with E-state index in [2.05, 4.69) is 10.3 Å². The van der Waals surface area contributed by atoms with Crippen LogP contribution in [0.2, 0.25) is 0 Å².